The largest absolute Gasteiger partial charge is 0.386 e. The molecular formula is C13H15N3O2S. The molecule has 5 nitrogen and oxygen atoms in total. The Morgan fingerprint density at radius 2 is 2.32 bits per heavy atom. The zero-order chi connectivity index (χ0) is 13.0. The van der Waals surface area contributed by atoms with E-state index in [9.17, 15) is 9.90 Å². The van der Waals surface area contributed by atoms with Crippen molar-refractivity contribution in [1.82, 2.24) is 14.3 Å². The highest BCUT2D eigenvalue weighted by atomic mass is 32.1. The fourth-order valence-electron chi connectivity index (χ4n) is 2.80. The molecule has 1 saturated carbocycles. The highest BCUT2D eigenvalue weighted by molar-refractivity contribution is 7.15. The average Bonchev–Trinajstić information content (AvgIpc) is 2.98. The first-order valence-corrected chi connectivity index (χ1v) is 7.43. The molecule has 0 spiro atoms. The molecular weight excluding hydrogens is 262 g/mol. The second kappa shape index (κ2) is 3.80. The fourth-order valence-corrected chi connectivity index (χ4v) is 3.52. The van der Waals surface area contributed by atoms with E-state index in [1.807, 2.05) is 22.2 Å². The van der Waals surface area contributed by atoms with E-state index in [0.29, 0.717) is 25.4 Å². The van der Waals surface area contributed by atoms with Gasteiger partial charge >= 0.3 is 0 Å². The van der Waals surface area contributed by atoms with Gasteiger partial charge in [0, 0.05) is 17.8 Å². The van der Waals surface area contributed by atoms with Gasteiger partial charge in [0.15, 0.2) is 4.96 Å². The number of hydrogen-bond donors (Lipinski definition) is 1. The van der Waals surface area contributed by atoms with Gasteiger partial charge in [0.1, 0.15) is 5.60 Å². The molecule has 1 N–H and O–H groups in total. The minimum atomic E-state index is -0.593. The highest BCUT2D eigenvalue weighted by Crippen LogP contribution is 2.44. The van der Waals surface area contributed by atoms with Gasteiger partial charge in [-0.15, -0.1) is 11.3 Å². The van der Waals surface area contributed by atoms with Crippen LogP contribution in [0, 0.1) is 5.92 Å². The molecule has 0 atom stereocenters. The van der Waals surface area contributed by atoms with Gasteiger partial charge in [-0.25, -0.2) is 4.98 Å². The summed E-state index contributed by atoms with van der Waals surface area (Å²) in [6, 6.07) is 0. The molecule has 2 aliphatic rings. The van der Waals surface area contributed by atoms with Gasteiger partial charge in [0.25, 0.3) is 0 Å². The van der Waals surface area contributed by atoms with Crippen LogP contribution in [0.2, 0.25) is 0 Å². The summed E-state index contributed by atoms with van der Waals surface area (Å²) in [6.07, 6.45) is 6.38. The lowest BCUT2D eigenvalue weighted by Gasteiger charge is -2.47. The topological polar surface area (TPSA) is 57.8 Å². The number of rotatable bonds is 3. The second-order valence-corrected chi connectivity index (χ2v) is 6.50. The van der Waals surface area contributed by atoms with Crippen LogP contribution in [0.15, 0.2) is 17.8 Å². The van der Waals surface area contributed by atoms with Crippen LogP contribution in [0.3, 0.4) is 0 Å². The Morgan fingerprint density at radius 1 is 1.53 bits per heavy atom. The lowest BCUT2D eigenvalue weighted by molar-refractivity contribution is -0.158. The molecule has 6 heteroatoms. The lowest BCUT2D eigenvalue weighted by atomic mass is 9.88. The van der Waals surface area contributed by atoms with Gasteiger partial charge in [-0.3, -0.25) is 9.20 Å². The third-order valence-corrected chi connectivity index (χ3v) is 4.87. The van der Waals surface area contributed by atoms with Crippen LogP contribution in [0.25, 0.3) is 4.96 Å². The minimum absolute atomic E-state index is 0.0658. The fraction of sp³-hybridized carbons (Fsp3) is 0.538. The molecule has 2 fully saturated rings. The van der Waals surface area contributed by atoms with E-state index in [0.717, 1.165) is 23.5 Å². The first kappa shape index (κ1) is 11.4. The number of fused-ring (bicyclic) bond motifs is 1. The summed E-state index contributed by atoms with van der Waals surface area (Å²) in [4.78, 5) is 19.2. The maximum absolute atomic E-state index is 12.1. The molecule has 3 heterocycles. The normalized spacial score (nSPS) is 21.6. The zero-order valence-corrected chi connectivity index (χ0v) is 11.3. The summed E-state index contributed by atoms with van der Waals surface area (Å²) in [5.74, 6) is 0.491. The Bertz CT molecular complexity index is 609. The van der Waals surface area contributed by atoms with Crippen LogP contribution in [-0.4, -0.2) is 44.0 Å². The molecule has 1 aliphatic heterocycles. The van der Waals surface area contributed by atoms with Gasteiger partial charge in [0.05, 0.1) is 25.2 Å². The van der Waals surface area contributed by atoms with E-state index in [2.05, 4.69) is 4.98 Å². The molecule has 4 rings (SSSR count). The first-order chi connectivity index (χ1) is 9.14. The Kier molecular flexibility index (Phi) is 2.29. The number of thiazole rings is 1. The van der Waals surface area contributed by atoms with Crippen LogP contribution < -0.4 is 0 Å². The number of aliphatic hydroxyl groups is 1. The molecule has 1 aliphatic carbocycles. The van der Waals surface area contributed by atoms with Crippen molar-refractivity contribution < 1.29 is 9.90 Å². The molecule has 2 aromatic heterocycles. The number of amides is 1. The average molecular weight is 277 g/mol. The standard InChI is InChI=1S/C13H15N3O2S/c17-11(16-7-13(18,8-16)9-1-2-9)5-10-6-15-3-4-19-12(15)14-10/h3-4,6,9,18H,1-2,5,7-8H2. The smallest absolute Gasteiger partial charge is 0.228 e. The second-order valence-electron chi connectivity index (χ2n) is 5.63. The molecule has 0 unspecified atom stereocenters. The molecule has 100 valence electrons. The summed E-state index contributed by atoms with van der Waals surface area (Å²) in [7, 11) is 0. The number of carbonyl (C=O) groups is 1. The Morgan fingerprint density at radius 3 is 3.00 bits per heavy atom. The predicted octanol–water partition coefficient (Wildman–Crippen LogP) is 0.922. The number of likely N-dealkylation sites (tertiary alicyclic amines) is 1. The summed E-state index contributed by atoms with van der Waals surface area (Å²) in [6.45, 7) is 0.997. The predicted molar refractivity (Wildman–Crippen MR) is 71.0 cm³/mol. The number of carbonyl (C=O) groups excluding carboxylic acids is 1. The quantitative estimate of drug-likeness (QED) is 0.907. The van der Waals surface area contributed by atoms with E-state index in [-0.39, 0.29) is 5.91 Å². The number of imidazole rings is 1. The van der Waals surface area contributed by atoms with E-state index in [4.69, 9.17) is 0 Å². The van der Waals surface area contributed by atoms with Crippen molar-refractivity contribution in [3.05, 3.63) is 23.5 Å². The van der Waals surface area contributed by atoms with Crippen molar-refractivity contribution in [2.75, 3.05) is 13.1 Å². The Balaban J connectivity index is 1.40. The minimum Gasteiger partial charge on any atom is -0.386 e. The van der Waals surface area contributed by atoms with Gasteiger partial charge in [-0.1, -0.05) is 0 Å². The first-order valence-electron chi connectivity index (χ1n) is 6.55. The van der Waals surface area contributed by atoms with E-state index in [1.165, 1.54) is 0 Å². The van der Waals surface area contributed by atoms with Gasteiger partial charge in [-0.05, 0) is 18.8 Å². The third kappa shape index (κ3) is 1.86. The number of β-amino-alcohol motifs (C(OH)–C–C–N with tert-alkyl or cyclic N) is 1. The SMILES string of the molecule is O=C(Cc1cn2ccsc2n1)N1CC(O)(C2CC2)C1. The molecule has 0 aromatic carbocycles. The van der Waals surface area contributed by atoms with Crippen LogP contribution in [0.4, 0.5) is 0 Å². The van der Waals surface area contributed by atoms with Crippen LogP contribution >= 0.6 is 11.3 Å². The zero-order valence-electron chi connectivity index (χ0n) is 10.5. The van der Waals surface area contributed by atoms with Gasteiger partial charge in [-0.2, -0.15) is 0 Å². The summed E-state index contributed by atoms with van der Waals surface area (Å²) >= 11 is 1.56. The van der Waals surface area contributed by atoms with Crippen LogP contribution in [-0.2, 0) is 11.2 Å². The maximum Gasteiger partial charge on any atom is 0.228 e. The van der Waals surface area contributed by atoms with E-state index >= 15 is 0 Å². The maximum atomic E-state index is 12.1. The highest BCUT2D eigenvalue weighted by Gasteiger charge is 2.53. The van der Waals surface area contributed by atoms with E-state index in [1.54, 1.807) is 16.2 Å². The number of hydrogen-bond acceptors (Lipinski definition) is 4. The van der Waals surface area contributed by atoms with Crippen molar-refractivity contribution in [3.8, 4) is 0 Å². The molecule has 1 saturated heterocycles. The van der Waals surface area contributed by atoms with Crippen molar-refractivity contribution in [3.63, 3.8) is 0 Å². The monoisotopic (exact) mass is 277 g/mol. The van der Waals surface area contributed by atoms with Crippen molar-refractivity contribution in [2.24, 2.45) is 5.92 Å². The molecule has 0 bridgehead atoms. The summed E-state index contributed by atoms with van der Waals surface area (Å²) in [5.41, 5.74) is 0.211. The van der Waals surface area contributed by atoms with Gasteiger partial charge < -0.3 is 10.0 Å². The summed E-state index contributed by atoms with van der Waals surface area (Å²) < 4.78 is 1.93. The van der Waals surface area contributed by atoms with Crippen molar-refractivity contribution in [1.29, 1.82) is 0 Å². The van der Waals surface area contributed by atoms with Crippen LogP contribution in [0.5, 0.6) is 0 Å². The van der Waals surface area contributed by atoms with E-state index < -0.39 is 5.60 Å². The number of aromatic nitrogens is 2. The molecule has 1 amide bonds. The third-order valence-electron chi connectivity index (χ3n) is 4.09. The Labute approximate surface area is 114 Å². The molecule has 2 aromatic rings. The molecule has 19 heavy (non-hydrogen) atoms. The van der Waals surface area contributed by atoms with Crippen molar-refractivity contribution in [2.45, 2.75) is 24.9 Å². The van der Waals surface area contributed by atoms with Gasteiger partial charge in [0.2, 0.25) is 5.91 Å². The number of nitrogens with zero attached hydrogens (tertiary/aromatic N) is 3. The van der Waals surface area contributed by atoms with Crippen LogP contribution in [0.1, 0.15) is 18.5 Å². The summed E-state index contributed by atoms with van der Waals surface area (Å²) in [5, 5.41) is 12.2. The van der Waals surface area contributed by atoms with Crippen molar-refractivity contribution >= 4 is 22.2 Å². The molecule has 0 radical (unpaired) electrons. The lowest BCUT2D eigenvalue weighted by Crippen LogP contribution is -2.65. The Hall–Kier alpha value is -1.40.